The van der Waals surface area contributed by atoms with Gasteiger partial charge < -0.3 is 4.74 Å². The van der Waals surface area contributed by atoms with Gasteiger partial charge in [-0.05, 0) is 12.1 Å². The summed E-state index contributed by atoms with van der Waals surface area (Å²) in [6.45, 7) is 0. The second-order valence-corrected chi connectivity index (χ2v) is 3.96. The molecule has 0 aliphatic rings. The number of fused-ring (bicyclic) bond motifs is 1. The van der Waals surface area contributed by atoms with Gasteiger partial charge in [0.05, 0.1) is 18.2 Å². The molecule has 0 radical (unpaired) electrons. The second-order valence-electron chi connectivity index (χ2n) is 3.96. The van der Waals surface area contributed by atoms with Crippen LogP contribution in [0.1, 0.15) is 0 Å². The lowest BCUT2D eigenvalue weighted by Crippen LogP contribution is -1.94. The van der Waals surface area contributed by atoms with E-state index in [0.29, 0.717) is 17.0 Å². The van der Waals surface area contributed by atoms with Gasteiger partial charge in [-0.25, -0.2) is 9.50 Å². The largest absolute Gasteiger partial charge is 0.490 e. The van der Waals surface area contributed by atoms with Crippen molar-refractivity contribution in [2.24, 2.45) is 0 Å². The Hall–Kier alpha value is -3.03. The average Bonchev–Trinajstić information content (AvgIpc) is 2.90. The van der Waals surface area contributed by atoms with Gasteiger partial charge in [-0.2, -0.15) is 0 Å². The lowest BCUT2D eigenvalue weighted by Gasteiger charge is -2.02. The molecule has 0 spiro atoms. The van der Waals surface area contributed by atoms with Crippen molar-refractivity contribution in [1.82, 2.24) is 19.6 Å². The van der Waals surface area contributed by atoms with Gasteiger partial charge in [0.25, 0.3) is 0 Å². The first-order valence-electron chi connectivity index (χ1n) is 5.68. The standard InChI is InChI=1S/C12H9N5O3/c1-20-10-6-8(2-3-9(10)17(18)19)12-14-11-7-13-4-5-16(11)15-12/h2-7H,1H3. The van der Waals surface area contributed by atoms with Gasteiger partial charge in [0.15, 0.2) is 17.2 Å². The zero-order valence-corrected chi connectivity index (χ0v) is 10.4. The molecule has 0 amide bonds. The summed E-state index contributed by atoms with van der Waals surface area (Å²) in [7, 11) is 1.38. The topological polar surface area (TPSA) is 95.5 Å². The van der Waals surface area contributed by atoms with Gasteiger partial charge in [0.2, 0.25) is 0 Å². The number of hydrogen-bond donors (Lipinski definition) is 0. The molecular weight excluding hydrogens is 262 g/mol. The van der Waals surface area contributed by atoms with E-state index < -0.39 is 4.92 Å². The number of hydrogen-bond acceptors (Lipinski definition) is 6. The van der Waals surface area contributed by atoms with E-state index in [0.717, 1.165) is 0 Å². The van der Waals surface area contributed by atoms with E-state index in [2.05, 4.69) is 15.1 Å². The van der Waals surface area contributed by atoms with Crippen molar-refractivity contribution in [3.05, 3.63) is 46.9 Å². The van der Waals surface area contributed by atoms with Gasteiger partial charge in [-0.15, -0.1) is 5.10 Å². The first-order valence-corrected chi connectivity index (χ1v) is 5.68. The maximum Gasteiger partial charge on any atom is 0.310 e. The molecule has 2 aromatic heterocycles. The fourth-order valence-electron chi connectivity index (χ4n) is 1.83. The van der Waals surface area contributed by atoms with Crippen LogP contribution in [0.3, 0.4) is 0 Å². The van der Waals surface area contributed by atoms with E-state index in [1.165, 1.54) is 13.2 Å². The van der Waals surface area contributed by atoms with E-state index >= 15 is 0 Å². The minimum Gasteiger partial charge on any atom is -0.490 e. The quantitative estimate of drug-likeness (QED) is 0.531. The van der Waals surface area contributed by atoms with Crippen molar-refractivity contribution in [1.29, 1.82) is 0 Å². The van der Waals surface area contributed by atoms with E-state index in [4.69, 9.17) is 4.74 Å². The van der Waals surface area contributed by atoms with E-state index in [-0.39, 0.29) is 11.4 Å². The minimum absolute atomic E-state index is 0.0957. The van der Waals surface area contributed by atoms with Crippen molar-refractivity contribution in [2.45, 2.75) is 0 Å². The summed E-state index contributed by atoms with van der Waals surface area (Å²) < 4.78 is 6.61. The number of benzene rings is 1. The molecule has 0 aliphatic heterocycles. The maximum absolute atomic E-state index is 10.9. The molecule has 3 rings (SSSR count). The molecular formula is C12H9N5O3. The third-order valence-electron chi connectivity index (χ3n) is 2.78. The Kier molecular flexibility index (Phi) is 2.75. The number of nitro benzene ring substituents is 1. The summed E-state index contributed by atoms with van der Waals surface area (Å²) in [6, 6.07) is 4.50. The van der Waals surface area contributed by atoms with Crippen LogP contribution in [-0.4, -0.2) is 31.6 Å². The van der Waals surface area contributed by atoms with Gasteiger partial charge in [0.1, 0.15) is 0 Å². The zero-order chi connectivity index (χ0) is 14.1. The number of methoxy groups -OCH3 is 1. The first-order chi connectivity index (χ1) is 9.69. The van der Waals surface area contributed by atoms with Gasteiger partial charge in [-0.3, -0.25) is 15.1 Å². The van der Waals surface area contributed by atoms with E-state index in [1.807, 2.05) is 0 Å². The van der Waals surface area contributed by atoms with Gasteiger partial charge in [-0.1, -0.05) is 0 Å². The predicted octanol–water partition coefficient (Wildman–Crippen LogP) is 1.71. The normalized spacial score (nSPS) is 10.7. The highest BCUT2D eigenvalue weighted by Gasteiger charge is 2.17. The molecule has 8 nitrogen and oxygen atoms in total. The Morgan fingerprint density at radius 3 is 2.95 bits per heavy atom. The van der Waals surface area contributed by atoms with Crippen LogP contribution in [0.5, 0.6) is 5.75 Å². The Morgan fingerprint density at radius 2 is 2.25 bits per heavy atom. The van der Waals surface area contributed by atoms with Crippen LogP contribution >= 0.6 is 0 Å². The molecule has 0 fully saturated rings. The molecule has 20 heavy (non-hydrogen) atoms. The van der Waals surface area contributed by atoms with Gasteiger partial charge in [0, 0.05) is 24.0 Å². The third kappa shape index (κ3) is 1.92. The number of ether oxygens (including phenoxy) is 1. The summed E-state index contributed by atoms with van der Waals surface area (Å²) >= 11 is 0. The van der Waals surface area contributed by atoms with E-state index in [9.17, 15) is 10.1 Å². The SMILES string of the molecule is COc1cc(-c2nc3cnccn3n2)ccc1[N+](=O)[O-]. The van der Waals surface area contributed by atoms with Crippen molar-refractivity contribution in [3.8, 4) is 17.1 Å². The number of rotatable bonds is 3. The fraction of sp³-hybridized carbons (Fsp3) is 0.0833. The minimum atomic E-state index is -0.496. The highest BCUT2D eigenvalue weighted by atomic mass is 16.6. The summed E-state index contributed by atoms with van der Waals surface area (Å²) in [5.74, 6) is 0.621. The van der Waals surface area contributed by atoms with Crippen LogP contribution in [0.4, 0.5) is 5.69 Å². The Morgan fingerprint density at radius 1 is 1.40 bits per heavy atom. The predicted molar refractivity (Wildman–Crippen MR) is 69.4 cm³/mol. The second kappa shape index (κ2) is 4.57. The molecule has 0 N–H and O–H groups in total. The van der Waals surface area contributed by atoms with Crippen LogP contribution in [0, 0.1) is 10.1 Å². The molecule has 1 aromatic carbocycles. The lowest BCUT2D eigenvalue weighted by atomic mass is 10.2. The van der Waals surface area contributed by atoms with Crippen LogP contribution in [0.2, 0.25) is 0 Å². The molecule has 0 atom stereocenters. The summed E-state index contributed by atoms with van der Waals surface area (Å²) in [5, 5.41) is 15.1. The van der Waals surface area contributed by atoms with Gasteiger partial charge >= 0.3 is 5.69 Å². The van der Waals surface area contributed by atoms with Crippen molar-refractivity contribution >= 4 is 11.3 Å². The molecule has 2 heterocycles. The zero-order valence-electron chi connectivity index (χ0n) is 10.4. The third-order valence-corrected chi connectivity index (χ3v) is 2.78. The Labute approximate surface area is 112 Å². The molecule has 0 aliphatic carbocycles. The number of aromatic nitrogens is 4. The number of nitrogens with zero attached hydrogens (tertiary/aromatic N) is 5. The Bertz CT molecular complexity index is 766. The van der Waals surface area contributed by atoms with Crippen LogP contribution in [0.25, 0.3) is 17.0 Å². The molecule has 0 unspecified atom stereocenters. The van der Waals surface area contributed by atoms with Crippen molar-refractivity contribution in [3.63, 3.8) is 0 Å². The molecule has 0 saturated heterocycles. The summed E-state index contributed by atoms with van der Waals surface area (Å²) in [6.07, 6.45) is 4.86. The smallest absolute Gasteiger partial charge is 0.310 e. The lowest BCUT2D eigenvalue weighted by molar-refractivity contribution is -0.385. The summed E-state index contributed by atoms with van der Waals surface area (Å²) in [4.78, 5) is 18.6. The molecule has 0 saturated carbocycles. The number of nitro groups is 1. The van der Waals surface area contributed by atoms with Crippen LogP contribution in [-0.2, 0) is 0 Å². The summed E-state index contributed by atoms with van der Waals surface area (Å²) in [5.41, 5.74) is 1.14. The average molecular weight is 271 g/mol. The highest BCUT2D eigenvalue weighted by molar-refractivity contribution is 5.64. The van der Waals surface area contributed by atoms with Crippen LogP contribution in [0.15, 0.2) is 36.8 Å². The van der Waals surface area contributed by atoms with E-state index in [1.54, 1.807) is 35.2 Å². The Balaban J connectivity index is 2.12. The monoisotopic (exact) mass is 271 g/mol. The first kappa shape index (κ1) is 12.0. The molecule has 8 heteroatoms. The van der Waals surface area contributed by atoms with Crippen molar-refractivity contribution < 1.29 is 9.66 Å². The fourth-order valence-corrected chi connectivity index (χ4v) is 1.83. The van der Waals surface area contributed by atoms with Crippen LogP contribution < -0.4 is 4.74 Å². The maximum atomic E-state index is 10.9. The molecule has 3 aromatic rings. The van der Waals surface area contributed by atoms with Crippen molar-refractivity contribution in [2.75, 3.05) is 7.11 Å². The molecule has 100 valence electrons. The highest BCUT2D eigenvalue weighted by Crippen LogP contribution is 2.30. The molecule has 0 bridgehead atoms.